The smallest absolute Gasteiger partial charge is 0.307 e. The van der Waals surface area contributed by atoms with E-state index in [2.05, 4.69) is 15.1 Å². The van der Waals surface area contributed by atoms with E-state index in [0.717, 1.165) is 4.88 Å². The number of aliphatic carboxylic acids is 1. The van der Waals surface area contributed by atoms with Crippen LogP contribution in [0.5, 0.6) is 0 Å². The lowest BCUT2D eigenvalue weighted by molar-refractivity contribution is -0.142. The van der Waals surface area contributed by atoms with Crippen molar-refractivity contribution in [2.45, 2.75) is 18.8 Å². The second-order valence-corrected chi connectivity index (χ2v) is 5.20. The Labute approximate surface area is 112 Å². The van der Waals surface area contributed by atoms with Gasteiger partial charge in [-0.2, -0.15) is 4.98 Å². The van der Waals surface area contributed by atoms with Crippen LogP contribution in [-0.2, 0) is 4.79 Å². The monoisotopic (exact) mass is 277 g/mol. The molecule has 0 amide bonds. The Morgan fingerprint density at radius 2 is 2.26 bits per heavy atom. The Kier molecular flexibility index (Phi) is 3.12. The van der Waals surface area contributed by atoms with Gasteiger partial charge in [-0.05, 0) is 12.8 Å². The summed E-state index contributed by atoms with van der Waals surface area (Å²) >= 11 is 1.42. The molecule has 0 fully saturated rings. The zero-order valence-corrected chi connectivity index (χ0v) is 10.7. The molecule has 2 aromatic heterocycles. The Morgan fingerprint density at radius 1 is 1.42 bits per heavy atom. The highest BCUT2D eigenvalue weighted by Crippen LogP contribution is 2.34. The Hall–Kier alpha value is -2.02. The molecule has 2 heterocycles. The van der Waals surface area contributed by atoms with Gasteiger partial charge < -0.3 is 9.63 Å². The third-order valence-corrected chi connectivity index (χ3v) is 3.93. The van der Waals surface area contributed by atoms with Gasteiger partial charge >= 0.3 is 5.97 Å². The molecule has 0 bridgehead atoms. The van der Waals surface area contributed by atoms with Gasteiger partial charge in [0.2, 0.25) is 11.7 Å². The van der Waals surface area contributed by atoms with Crippen LogP contribution in [0.3, 0.4) is 0 Å². The third kappa shape index (κ3) is 2.28. The number of rotatable bonds is 3. The molecule has 7 heteroatoms. The van der Waals surface area contributed by atoms with Crippen LogP contribution in [0, 0.1) is 5.92 Å². The number of carboxylic acid groups (broad SMARTS) is 1. The summed E-state index contributed by atoms with van der Waals surface area (Å²) in [4.78, 5) is 20.3. The van der Waals surface area contributed by atoms with Crippen molar-refractivity contribution >= 4 is 17.3 Å². The minimum atomic E-state index is -0.827. The molecule has 2 aromatic rings. The molecule has 6 nitrogen and oxygen atoms in total. The second kappa shape index (κ2) is 4.93. The van der Waals surface area contributed by atoms with E-state index in [1.165, 1.54) is 11.3 Å². The molecule has 1 aliphatic carbocycles. The standard InChI is InChI=1S/C12H11N3O3S/c16-12(17)8-4-2-1-3-7(8)11-14-10(15-18-11)9-5-13-6-19-9/h1-2,5-8H,3-4H2,(H,16,17). The molecule has 0 radical (unpaired) electrons. The summed E-state index contributed by atoms with van der Waals surface area (Å²) < 4.78 is 5.23. The molecule has 1 N–H and O–H groups in total. The Balaban J connectivity index is 1.89. The van der Waals surface area contributed by atoms with Crippen molar-refractivity contribution in [3.05, 3.63) is 29.8 Å². The third-order valence-electron chi connectivity index (χ3n) is 3.16. The summed E-state index contributed by atoms with van der Waals surface area (Å²) in [5, 5.41) is 13.1. The molecule has 0 spiro atoms. The fourth-order valence-corrected chi connectivity index (χ4v) is 2.72. The first kappa shape index (κ1) is 12.0. The molecule has 3 rings (SSSR count). The summed E-state index contributed by atoms with van der Waals surface area (Å²) in [5.41, 5.74) is 1.69. The molecule has 19 heavy (non-hydrogen) atoms. The molecular weight excluding hydrogens is 266 g/mol. The van der Waals surface area contributed by atoms with Gasteiger partial charge in [-0.1, -0.05) is 17.3 Å². The van der Waals surface area contributed by atoms with Crippen LogP contribution < -0.4 is 0 Å². The van der Waals surface area contributed by atoms with E-state index in [-0.39, 0.29) is 5.92 Å². The average Bonchev–Trinajstić information content (AvgIpc) is 3.09. The topological polar surface area (TPSA) is 89.1 Å². The van der Waals surface area contributed by atoms with Gasteiger partial charge in [-0.15, -0.1) is 11.3 Å². The maximum absolute atomic E-state index is 11.2. The van der Waals surface area contributed by atoms with Gasteiger partial charge in [0.25, 0.3) is 0 Å². The van der Waals surface area contributed by atoms with E-state index < -0.39 is 11.9 Å². The van der Waals surface area contributed by atoms with Gasteiger partial charge in [0.15, 0.2) is 0 Å². The molecule has 1 aliphatic rings. The SMILES string of the molecule is O=C(O)C1CC=CCC1c1nc(-c2cncs2)no1. The summed E-state index contributed by atoms with van der Waals surface area (Å²) in [6.45, 7) is 0. The van der Waals surface area contributed by atoms with Gasteiger partial charge in [-0.3, -0.25) is 9.78 Å². The summed E-state index contributed by atoms with van der Waals surface area (Å²) in [6, 6.07) is 0. The first-order valence-corrected chi connectivity index (χ1v) is 6.74. The molecule has 2 atom stereocenters. The number of nitrogens with zero attached hydrogens (tertiary/aromatic N) is 3. The highest BCUT2D eigenvalue weighted by Gasteiger charge is 2.34. The maximum atomic E-state index is 11.2. The van der Waals surface area contributed by atoms with Crippen molar-refractivity contribution in [3.63, 3.8) is 0 Å². The van der Waals surface area contributed by atoms with Gasteiger partial charge in [0.1, 0.15) is 0 Å². The predicted molar refractivity (Wildman–Crippen MR) is 67.6 cm³/mol. The van der Waals surface area contributed by atoms with E-state index >= 15 is 0 Å². The first-order chi connectivity index (χ1) is 9.25. The first-order valence-electron chi connectivity index (χ1n) is 5.86. The Bertz CT molecular complexity index is 606. The van der Waals surface area contributed by atoms with Crippen molar-refractivity contribution < 1.29 is 14.4 Å². The fraction of sp³-hybridized carbons (Fsp3) is 0.333. The van der Waals surface area contributed by atoms with Crippen LogP contribution in [0.2, 0.25) is 0 Å². The van der Waals surface area contributed by atoms with Crippen LogP contribution in [0.4, 0.5) is 0 Å². The largest absolute Gasteiger partial charge is 0.481 e. The lowest BCUT2D eigenvalue weighted by Gasteiger charge is -2.21. The van der Waals surface area contributed by atoms with E-state index in [1.807, 2.05) is 12.2 Å². The van der Waals surface area contributed by atoms with Crippen molar-refractivity contribution in [2.24, 2.45) is 5.92 Å². The number of allylic oxidation sites excluding steroid dienone is 2. The van der Waals surface area contributed by atoms with Crippen LogP contribution in [0.25, 0.3) is 10.7 Å². The molecule has 0 saturated carbocycles. The lowest BCUT2D eigenvalue weighted by Crippen LogP contribution is -2.23. The van der Waals surface area contributed by atoms with Crippen LogP contribution in [-0.4, -0.2) is 26.2 Å². The van der Waals surface area contributed by atoms with E-state index in [1.54, 1.807) is 11.7 Å². The maximum Gasteiger partial charge on any atom is 0.307 e. The number of hydrogen-bond donors (Lipinski definition) is 1. The van der Waals surface area contributed by atoms with Gasteiger partial charge in [-0.25, -0.2) is 0 Å². The minimum Gasteiger partial charge on any atom is -0.481 e. The number of carbonyl (C=O) groups is 1. The highest BCUT2D eigenvalue weighted by molar-refractivity contribution is 7.13. The number of hydrogen-bond acceptors (Lipinski definition) is 6. The van der Waals surface area contributed by atoms with Crippen LogP contribution >= 0.6 is 11.3 Å². The second-order valence-electron chi connectivity index (χ2n) is 4.32. The molecule has 2 unspecified atom stereocenters. The average molecular weight is 277 g/mol. The quantitative estimate of drug-likeness (QED) is 0.866. The number of carboxylic acids is 1. The normalized spacial score (nSPS) is 22.5. The van der Waals surface area contributed by atoms with Crippen molar-refractivity contribution in [3.8, 4) is 10.7 Å². The van der Waals surface area contributed by atoms with Gasteiger partial charge in [0, 0.05) is 6.20 Å². The molecular formula is C12H11N3O3S. The lowest BCUT2D eigenvalue weighted by atomic mass is 9.83. The minimum absolute atomic E-state index is 0.253. The predicted octanol–water partition coefficient (Wildman–Crippen LogP) is 2.33. The highest BCUT2D eigenvalue weighted by atomic mass is 32.1. The number of thiazole rings is 1. The summed E-state index contributed by atoms with van der Waals surface area (Å²) in [5.74, 6) is -0.723. The van der Waals surface area contributed by atoms with E-state index in [9.17, 15) is 9.90 Å². The summed E-state index contributed by atoms with van der Waals surface area (Å²) in [6.07, 6.45) is 6.62. The van der Waals surface area contributed by atoms with Crippen LogP contribution in [0.1, 0.15) is 24.7 Å². The van der Waals surface area contributed by atoms with Gasteiger partial charge in [0.05, 0.1) is 22.2 Å². The molecule has 0 saturated heterocycles. The zero-order valence-electron chi connectivity index (χ0n) is 9.89. The molecule has 98 valence electrons. The zero-order chi connectivity index (χ0) is 13.2. The molecule has 0 aromatic carbocycles. The van der Waals surface area contributed by atoms with E-state index in [4.69, 9.17) is 4.52 Å². The Morgan fingerprint density at radius 3 is 3.00 bits per heavy atom. The van der Waals surface area contributed by atoms with Crippen molar-refractivity contribution in [1.29, 1.82) is 0 Å². The number of aromatic nitrogens is 3. The molecule has 0 aliphatic heterocycles. The van der Waals surface area contributed by atoms with Crippen molar-refractivity contribution in [2.75, 3.05) is 0 Å². The fourth-order valence-electron chi connectivity index (χ4n) is 2.17. The van der Waals surface area contributed by atoms with E-state index in [0.29, 0.717) is 24.6 Å². The van der Waals surface area contributed by atoms with Crippen LogP contribution in [0.15, 0.2) is 28.4 Å². The summed E-state index contributed by atoms with van der Waals surface area (Å²) in [7, 11) is 0. The van der Waals surface area contributed by atoms with Crippen molar-refractivity contribution in [1.82, 2.24) is 15.1 Å².